The maximum absolute atomic E-state index is 5.55. The van der Waals surface area contributed by atoms with E-state index < -0.39 is 0 Å². The first-order valence-electron chi connectivity index (χ1n) is 5.14. The van der Waals surface area contributed by atoms with E-state index in [-0.39, 0.29) is 5.54 Å². The molecule has 0 amide bonds. The van der Waals surface area contributed by atoms with Crippen molar-refractivity contribution in [3.8, 4) is 0 Å². The normalized spacial score (nSPS) is 11.6. The van der Waals surface area contributed by atoms with Crippen molar-refractivity contribution in [2.24, 2.45) is 0 Å². The molecule has 0 saturated carbocycles. The molecule has 2 radical (unpaired) electrons. The standard InChI is InChI=1S/C12H18BN/c1-4-14-12(2,3)11-7-5-10(9-13)6-8-11/h5-8,14H,4,9H2,1-3H3. The molecule has 14 heavy (non-hydrogen) atoms. The van der Waals surface area contributed by atoms with Crippen LogP contribution in [-0.4, -0.2) is 14.4 Å². The topological polar surface area (TPSA) is 12.0 Å². The molecule has 1 N–H and O–H groups in total. The van der Waals surface area contributed by atoms with Crippen molar-refractivity contribution in [3.05, 3.63) is 35.4 Å². The Balaban J connectivity index is 2.85. The molecule has 0 unspecified atom stereocenters. The second-order valence-electron chi connectivity index (χ2n) is 4.06. The van der Waals surface area contributed by atoms with Crippen LogP contribution in [0.2, 0.25) is 0 Å². The van der Waals surface area contributed by atoms with Gasteiger partial charge in [-0.1, -0.05) is 43.1 Å². The van der Waals surface area contributed by atoms with Crippen LogP contribution in [0.1, 0.15) is 31.9 Å². The van der Waals surface area contributed by atoms with Crippen LogP contribution in [0.5, 0.6) is 0 Å². The van der Waals surface area contributed by atoms with Gasteiger partial charge in [-0.05, 0) is 26.0 Å². The van der Waals surface area contributed by atoms with Gasteiger partial charge in [0.1, 0.15) is 0 Å². The average molecular weight is 187 g/mol. The second-order valence-corrected chi connectivity index (χ2v) is 4.06. The summed E-state index contributed by atoms with van der Waals surface area (Å²) in [5.74, 6) is 0. The summed E-state index contributed by atoms with van der Waals surface area (Å²) in [7, 11) is 5.55. The van der Waals surface area contributed by atoms with Gasteiger partial charge in [0.05, 0.1) is 7.85 Å². The molecule has 0 aliphatic heterocycles. The van der Waals surface area contributed by atoms with E-state index >= 15 is 0 Å². The minimum Gasteiger partial charge on any atom is -0.308 e. The highest BCUT2D eigenvalue weighted by Gasteiger charge is 2.17. The van der Waals surface area contributed by atoms with Gasteiger partial charge in [0.25, 0.3) is 0 Å². The lowest BCUT2D eigenvalue weighted by atomic mass is 9.90. The van der Waals surface area contributed by atoms with Crippen LogP contribution >= 0.6 is 0 Å². The second kappa shape index (κ2) is 4.65. The molecule has 0 saturated heterocycles. The predicted octanol–water partition coefficient (Wildman–Crippen LogP) is 2.20. The van der Waals surface area contributed by atoms with E-state index in [0.29, 0.717) is 6.32 Å². The minimum absolute atomic E-state index is 0.0435. The van der Waals surface area contributed by atoms with E-state index in [1.54, 1.807) is 0 Å². The first kappa shape index (κ1) is 11.3. The van der Waals surface area contributed by atoms with Crippen LogP contribution in [0.25, 0.3) is 0 Å². The van der Waals surface area contributed by atoms with Gasteiger partial charge in [0.2, 0.25) is 0 Å². The molecule has 1 aromatic rings. The molecular formula is C12H18BN. The van der Waals surface area contributed by atoms with Gasteiger partial charge in [-0.3, -0.25) is 0 Å². The van der Waals surface area contributed by atoms with Crippen molar-refractivity contribution in [2.75, 3.05) is 6.54 Å². The van der Waals surface area contributed by atoms with Crippen LogP contribution in [0.3, 0.4) is 0 Å². The van der Waals surface area contributed by atoms with Gasteiger partial charge < -0.3 is 5.32 Å². The number of hydrogen-bond donors (Lipinski definition) is 1. The van der Waals surface area contributed by atoms with Crippen molar-refractivity contribution in [1.29, 1.82) is 0 Å². The summed E-state index contributed by atoms with van der Waals surface area (Å²) in [6.45, 7) is 7.48. The van der Waals surface area contributed by atoms with Crippen molar-refractivity contribution in [2.45, 2.75) is 32.6 Å². The molecule has 74 valence electrons. The summed E-state index contributed by atoms with van der Waals surface area (Å²) < 4.78 is 0. The maximum Gasteiger partial charge on any atom is 0.0716 e. The third-order valence-electron chi connectivity index (χ3n) is 2.53. The van der Waals surface area contributed by atoms with Crippen LogP contribution < -0.4 is 5.32 Å². The fraction of sp³-hybridized carbons (Fsp3) is 0.500. The summed E-state index contributed by atoms with van der Waals surface area (Å²) in [6, 6.07) is 8.47. The van der Waals surface area contributed by atoms with Crippen LogP contribution in [-0.2, 0) is 11.9 Å². The first-order chi connectivity index (χ1) is 6.60. The average Bonchev–Trinajstić information content (AvgIpc) is 2.18. The monoisotopic (exact) mass is 187 g/mol. The minimum atomic E-state index is 0.0435. The number of benzene rings is 1. The number of nitrogens with one attached hydrogen (secondary N) is 1. The molecule has 0 aliphatic rings. The SMILES string of the molecule is [B]Cc1ccc(C(C)(C)NCC)cc1. The first-order valence-corrected chi connectivity index (χ1v) is 5.14. The highest BCUT2D eigenvalue weighted by atomic mass is 14.9. The van der Waals surface area contributed by atoms with Crippen LogP contribution in [0.15, 0.2) is 24.3 Å². The zero-order valence-corrected chi connectivity index (χ0v) is 9.30. The molecule has 0 fully saturated rings. The lowest BCUT2D eigenvalue weighted by Crippen LogP contribution is -2.36. The number of rotatable bonds is 4. The van der Waals surface area contributed by atoms with Gasteiger partial charge in [0.15, 0.2) is 0 Å². The fourth-order valence-electron chi connectivity index (χ4n) is 1.60. The Bertz CT molecular complexity index is 277. The molecule has 0 aliphatic carbocycles. The maximum atomic E-state index is 5.55. The summed E-state index contributed by atoms with van der Waals surface area (Å²) in [4.78, 5) is 0. The molecule has 2 heteroatoms. The van der Waals surface area contributed by atoms with Crippen LogP contribution in [0, 0.1) is 0 Å². The molecule has 0 aromatic heterocycles. The molecule has 0 bridgehead atoms. The zero-order valence-electron chi connectivity index (χ0n) is 9.30. The summed E-state index contributed by atoms with van der Waals surface area (Å²) in [6.07, 6.45) is 0.613. The zero-order chi connectivity index (χ0) is 10.6. The summed E-state index contributed by atoms with van der Waals surface area (Å²) >= 11 is 0. The molecule has 1 rings (SSSR count). The highest BCUT2D eigenvalue weighted by Crippen LogP contribution is 2.19. The Morgan fingerprint density at radius 3 is 2.21 bits per heavy atom. The van der Waals surface area contributed by atoms with Gasteiger partial charge in [-0.2, -0.15) is 0 Å². The molecule has 0 atom stereocenters. The van der Waals surface area contributed by atoms with Gasteiger partial charge >= 0.3 is 0 Å². The quantitative estimate of drug-likeness (QED) is 0.712. The lowest BCUT2D eigenvalue weighted by molar-refractivity contribution is 0.416. The Morgan fingerprint density at radius 1 is 1.21 bits per heavy atom. The van der Waals surface area contributed by atoms with Crippen molar-refractivity contribution < 1.29 is 0 Å². The Kier molecular flexibility index (Phi) is 3.76. The molecular weight excluding hydrogens is 169 g/mol. The third-order valence-corrected chi connectivity index (χ3v) is 2.53. The molecule has 0 heterocycles. The van der Waals surface area contributed by atoms with Gasteiger partial charge in [-0.25, -0.2) is 0 Å². The summed E-state index contributed by atoms with van der Waals surface area (Å²) in [5.41, 5.74) is 2.53. The summed E-state index contributed by atoms with van der Waals surface area (Å²) in [5, 5.41) is 3.44. The third kappa shape index (κ3) is 2.61. The van der Waals surface area contributed by atoms with E-state index in [0.717, 1.165) is 6.54 Å². The molecule has 0 spiro atoms. The van der Waals surface area contributed by atoms with E-state index in [4.69, 9.17) is 7.85 Å². The van der Waals surface area contributed by atoms with Crippen LogP contribution in [0.4, 0.5) is 0 Å². The van der Waals surface area contributed by atoms with Crippen molar-refractivity contribution in [1.82, 2.24) is 5.32 Å². The predicted molar refractivity (Wildman–Crippen MR) is 62.6 cm³/mol. The Hall–Kier alpha value is -0.755. The Labute approximate surface area is 88.3 Å². The van der Waals surface area contributed by atoms with Crippen molar-refractivity contribution >= 4 is 7.85 Å². The van der Waals surface area contributed by atoms with E-state index in [1.165, 1.54) is 11.1 Å². The van der Waals surface area contributed by atoms with Gasteiger partial charge in [0, 0.05) is 5.54 Å². The fourth-order valence-corrected chi connectivity index (χ4v) is 1.60. The Morgan fingerprint density at radius 2 is 1.79 bits per heavy atom. The van der Waals surface area contributed by atoms with Gasteiger partial charge in [-0.15, -0.1) is 0 Å². The highest BCUT2D eigenvalue weighted by molar-refractivity contribution is 6.08. The largest absolute Gasteiger partial charge is 0.308 e. The van der Waals surface area contributed by atoms with Crippen molar-refractivity contribution in [3.63, 3.8) is 0 Å². The lowest BCUT2D eigenvalue weighted by Gasteiger charge is -2.26. The molecule has 1 nitrogen and oxygen atoms in total. The molecule has 1 aromatic carbocycles. The number of hydrogen-bond acceptors (Lipinski definition) is 1. The smallest absolute Gasteiger partial charge is 0.0716 e. The van der Waals surface area contributed by atoms with E-state index in [1.807, 2.05) is 0 Å². The van der Waals surface area contributed by atoms with E-state index in [9.17, 15) is 0 Å². The van der Waals surface area contributed by atoms with E-state index in [2.05, 4.69) is 50.4 Å².